The number of ether oxygens (including phenoxy) is 3. The lowest BCUT2D eigenvalue weighted by Gasteiger charge is -2.20. The molecule has 160 valence electrons. The molecule has 6 nitrogen and oxygen atoms in total. The van der Waals surface area contributed by atoms with E-state index >= 15 is 0 Å². The number of nitrogens with one attached hydrogen (secondary N) is 1. The lowest BCUT2D eigenvalue weighted by atomic mass is 9.83. The monoisotopic (exact) mass is 387 g/mol. The second kappa shape index (κ2) is 17.1. The molecule has 0 fully saturated rings. The van der Waals surface area contributed by atoms with Crippen LogP contribution in [0.5, 0.6) is 0 Å². The summed E-state index contributed by atoms with van der Waals surface area (Å²) in [4.78, 5) is 23.7. The van der Waals surface area contributed by atoms with Crippen molar-refractivity contribution in [2.24, 2.45) is 5.41 Å². The Hall–Kier alpha value is -0.980. The minimum absolute atomic E-state index is 0.0503. The normalized spacial score (nSPS) is 11.6. The van der Waals surface area contributed by atoms with E-state index in [0.717, 1.165) is 38.7 Å². The zero-order valence-corrected chi connectivity index (χ0v) is 17.9. The highest BCUT2D eigenvalue weighted by Crippen LogP contribution is 2.23. The molecule has 0 aliphatic rings. The summed E-state index contributed by atoms with van der Waals surface area (Å²) >= 11 is 0. The first-order chi connectivity index (χ1) is 12.9. The SMILES string of the molecule is CCCCOCCOCCOCCCCNC(=O)CCC(=O)C(C)(C)CC. The lowest BCUT2D eigenvalue weighted by Crippen LogP contribution is -2.28. The molecule has 27 heavy (non-hydrogen) atoms. The number of carbonyl (C=O) groups is 2. The Morgan fingerprint density at radius 2 is 1.33 bits per heavy atom. The van der Waals surface area contributed by atoms with Gasteiger partial charge in [-0.25, -0.2) is 0 Å². The van der Waals surface area contributed by atoms with Gasteiger partial charge >= 0.3 is 0 Å². The van der Waals surface area contributed by atoms with Gasteiger partial charge in [-0.15, -0.1) is 0 Å². The molecule has 0 unspecified atom stereocenters. The van der Waals surface area contributed by atoms with E-state index in [1.165, 1.54) is 0 Å². The first kappa shape index (κ1) is 26.0. The maximum Gasteiger partial charge on any atom is 0.220 e. The molecule has 6 heteroatoms. The fraction of sp³-hybridized carbons (Fsp3) is 0.905. The van der Waals surface area contributed by atoms with Crippen molar-refractivity contribution in [2.75, 3.05) is 46.2 Å². The molecular formula is C21H41NO5. The van der Waals surface area contributed by atoms with Crippen LogP contribution in [-0.4, -0.2) is 57.9 Å². The molecular weight excluding hydrogens is 346 g/mol. The molecule has 0 aliphatic carbocycles. The second-order valence-corrected chi connectivity index (χ2v) is 7.41. The summed E-state index contributed by atoms with van der Waals surface area (Å²) in [6.07, 6.45) is 5.39. The largest absolute Gasteiger partial charge is 0.379 e. The van der Waals surface area contributed by atoms with Crippen molar-refractivity contribution in [1.29, 1.82) is 0 Å². The number of amides is 1. The quantitative estimate of drug-likeness (QED) is 0.343. The predicted molar refractivity (Wildman–Crippen MR) is 108 cm³/mol. The highest BCUT2D eigenvalue weighted by Gasteiger charge is 2.24. The molecule has 0 heterocycles. The topological polar surface area (TPSA) is 73.9 Å². The van der Waals surface area contributed by atoms with Crippen LogP contribution in [0.25, 0.3) is 0 Å². The van der Waals surface area contributed by atoms with Crippen LogP contribution in [0.15, 0.2) is 0 Å². The van der Waals surface area contributed by atoms with Crippen molar-refractivity contribution >= 4 is 11.7 Å². The van der Waals surface area contributed by atoms with E-state index in [1.807, 2.05) is 20.8 Å². The van der Waals surface area contributed by atoms with Crippen molar-refractivity contribution in [3.05, 3.63) is 0 Å². The van der Waals surface area contributed by atoms with E-state index in [1.54, 1.807) is 0 Å². The number of hydrogen-bond donors (Lipinski definition) is 1. The van der Waals surface area contributed by atoms with E-state index in [0.29, 0.717) is 46.0 Å². The smallest absolute Gasteiger partial charge is 0.220 e. The summed E-state index contributed by atoms with van der Waals surface area (Å²) < 4.78 is 16.3. The molecule has 0 aromatic heterocycles. The van der Waals surface area contributed by atoms with E-state index in [9.17, 15) is 9.59 Å². The standard InChI is InChI=1S/C21H41NO5/c1-5-7-13-25-15-17-27-18-16-26-14-9-8-12-22-20(24)11-10-19(23)21(3,4)6-2/h5-18H2,1-4H3,(H,22,24). The molecule has 0 saturated heterocycles. The number of hydrogen-bond acceptors (Lipinski definition) is 5. The zero-order valence-electron chi connectivity index (χ0n) is 17.9. The Morgan fingerprint density at radius 1 is 0.778 bits per heavy atom. The summed E-state index contributed by atoms with van der Waals surface area (Å²) in [6.45, 7) is 12.5. The van der Waals surface area contributed by atoms with Gasteiger partial charge in [0.05, 0.1) is 26.4 Å². The number of ketones is 1. The van der Waals surface area contributed by atoms with Gasteiger partial charge < -0.3 is 19.5 Å². The molecule has 0 spiro atoms. The van der Waals surface area contributed by atoms with Crippen molar-refractivity contribution in [2.45, 2.75) is 72.6 Å². The molecule has 0 radical (unpaired) electrons. The van der Waals surface area contributed by atoms with Crippen molar-refractivity contribution in [3.8, 4) is 0 Å². The average Bonchev–Trinajstić information content (AvgIpc) is 2.66. The maximum absolute atomic E-state index is 12.0. The summed E-state index contributed by atoms with van der Waals surface area (Å²) in [5, 5.41) is 2.86. The first-order valence-corrected chi connectivity index (χ1v) is 10.5. The summed E-state index contributed by atoms with van der Waals surface area (Å²) in [5.74, 6) is 0.106. The van der Waals surface area contributed by atoms with Crippen molar-refractivity contribution < 1.29 is 23.8 Å². The molecule has 0 aromatic carbocycles. The van der Waals surface area contributed by atoms with E-state index < -0.39 is 0 Å². The van der Waals surface area contributed by atoms with Crippen LogP contribution in [0.3, 0.4) is 0 Å². The third kappa shape index (κ3) is 15.7. The van der Waals surface area contributed by atoms with Gasteiger partial charge in [0, 0.05) is 38.0 Å². The molecule has 1 N–H and O–H groups in total. The molecule has 1 amide bonds. The Balaban J connectivity index is 3.35. The van der Waals surface area contributed by atoms with Gasteiger partial charge in [0.15, 0.2) is 0 Å². The zero-order chi connectivity index (χ0) is 20.4. The number of carbonyl (C=O) groups excluding carboxylic acids is 2. The highest BCUT2D eigenvalue weighted by atomic mass is 16.5. The van der Waals surface area contributed by atoms with Crippen LogP contribution in [0.4, 0.5) is 0 Å². The minimum Gasteiger partial charge on any atom is -0.379 e. The van der Waals surface area contributed by atoms with Gasteiger partial charge in [-0.05, 0) is 25.7 Å². The predicted octanol–water partition coefficient (Wildman–Crippen LogP) is 3.52. The van der Waals surface area contributed by atoms with Crippen molar-refractivity contribution in [1.82, 2.24) is 5.32 Å². The van der Waals surface area contributed by atoms with Gasteiger partial charge in [0.1, 0.15) is 5.78 Å². The highest BCUT2D eigenvalue weighted by molar-refractivity contribution is 5.88. The number of Topliss-reactive ketones (excluding diaryl/α,β-unsaturated/α-hetero) is 1. The van der Waals surface area contributed by atoms with Gasteiger partial charge in [-0.1, -0.05) is 34.1 Å². The third-order valence-electron chi connectivity index (χ3n) is 4.64. The van der Waals surface area contributed by atoms with Gasteiger partial charge in [-0.2, -0.15) is 0 Å². The average molecular weight is 388 g/mol. The Kier molecular flexibility index (Phi) is 16.5. The maximum atomic E-state index is 12.0. The number of unbranched alkanes of at least 4 members (excludes halogenated alkanes) is 2. The van der Waals surface area contributed by atoms with E-state index in [4.69, 9.17) is 14.2 Å². The van der Waals surface area contributed by atoms with Gasteiger partial charge in [0.2, 0.25) is 5.91 Å². The molecule has 0 saturated carbocycles. The van der Waals surface area contributed by atoms with Crippen LogP contribution in [0, 0.1) is 5.41 Å². The fourth-order valence-electron chi connectivity index (χ4n) is 2.20. The van der Waals surface area contributed by atoms with Crippen molar-refractivity contribution in [3.63, 3.8) is 0 Å². The molecule has 0 rings (SSSR count). The molecule has 0 atom stereocenters. The van der Waals surface area contributed by atoms with E-state index in [-0.39, 0.29) is 23.5 Å². The Morgan fingerprint density at radius 3 is 1.89 bits per heavy atom. The van der Waals surface area contributed by atoms with E-state index in [2.05, 4.69) is 12.2 Å². The summed E-state index contributed by atoms with van der Waals surface area (Å²) in [6, 6.07) is 0. The second-order valence-electron chi connectivity index (χ2n) is 7.41. The van der Waals surface area contributed by atoms with Crippen LogP contribution >= 0.6 is 0 Å². The van der Waals surface area contributed by atoms with Crippen LogP contribution in [-0.2, 0) is 23.8 Å². The molecule has 0 aromatic rings. The minimum atomic E-state index is -0.330. The van der Waals surface area contributed by atoms with Crippen LogP contribution in [0.1, 0.15) is 72.6 Å². The number of rotatable bonds is 19. The molecule has 0 aliphatic heterocycles. The van der Waals surface area contributed by atoms with Crippen LogP contribution in [0.2, 0.25) is 0 Å². The third-order valence-corrected chi connectivity index (χ3v) is 4.64. The fourth-order valence-corrected chi connectivity index (χ4v) is 2.20. The summed E-state index contributed by atoms with van der Waals surface area (Å²) in [5.41, 5.74) is -0.330. The van der Waals surface area contributed by atoms with Gasteiger partial charge in [-0.3, -0.25) is 9.59 Å². The first-order valence-electron chi connectivity index (χ1n) is 10.5. The summed E-state index contributed by atoms with van der Waals surface area (Å²) in [7, 11) is 0. The Bertz CT molecular complexity index is 385. The lowest BCUT2D eigenvalue weighted by molar-refractivity contribution is -0.130. The van der Waals surface area contributed by atoms with Crippen LogP contribution < -0.4 is 5.32 Å². The Labute approximate surface area is 165 Å². The molecule has 0 bridgehead atoms. The van der Waals surface area contributed by atoms with Gasteiger partial charge in [0.25, 0.3) is 0 Å².